The zero-order valence-electron chi connectivity index (χ0n) is 19.3. The summed E-state index contributed by atoms with van der Waals surface area (Å²) in [7, 11) is 0. The van der Waals surface area contributed by atoms with Gasteiger partial charge in [-0.3, -0.25) is 19.3 Å². The number of Topliss-reactive ketones (excluding diaryl/α,β-unsaturated/α-hetero) is 1. The van der Waals surface area contributed by atoms with Gasteiger partial charge in [0.1, 0.15) is 11.8 Å². The Morgan fingerprint density at radius 1 is 0.743 bits per heavy atom. The zero-order valence-corrected chi connectivity index (χ0v) is 19.3. The first-order valence-corrected chi connectivity index (χ1v) is 11.8. The molecule has 4 aliphatic rings. The molecule has 0 N–H and O–H groups in total. The second-order valence-corrected chi connectivity index (χ2v) is 9.46. The third-order valence-electron chi connectivity index (χ3n) is 7.69. The Bertz CT molecular complexity index is 1310. The molecule has 2 amide bonds. The van der Waals surface area contributed by atoms with E-state index in [4.69, 9.17) is 4.74 Å². The average Bonchev–Trinajstić information content (AvgIpc) is 3.14. The molecule has 1 fully saturated rings. The van der Waals surface area contributed by atoms with Crippen LogP contribution in [0.4, 0.5) is 0 Å². The Labute approximate surface area is 202 Å². The molecule has 6 nitrogen and oxygen atoms in total. The predicted octanol–water partition coefficient (Wildman–Crippen LogP) is 4.08. The van der Waals surface area contributed by atoms with Gasteiger partial charge in [0, 0.05) is 11.8 Å². The molecule has 1 aliphatic heterocycles. The Balaban J connectivity index is 1.37. The van der Waals surface area contributed by atoms with Crippen LogP contribution in [0.5, 0.6) is 5.75 Å². The van der Waals surface area contributed by atoms with Crippen molar-refractivity contribution in [2.45, 2.75) is 31.7 Å². The number of imide groups is 1. The molecule has 0 radical (unpaired) electrons. The highest BCUT2D eigenvalue weighted by Crippen LogP contribution is 2.61. The normalized spacial score (nSPS) is 24.5. The molecule has 35 heavy (non-hydrogen) atoms. The molecule has 0 spiro atoms. The molecule has 0 aromatic heterocycles. The van der Waals surface area contributed by atoms with Crippen LogP contribution in [-0.4, -0.2) is 34.5 Å². The first-order valence-electron chi connectivity index (χ1n) is 11.8. The number of nitrogens with zero attached hydrogens (tertiary/aromatic N) is 1. The maximum atomic E-state index is 13.8. The summed E-state index contributed by atoms with van der Waals surface area (Å²) in [6.45, 7) is 2.90. The molecule has 1 heterocycles. The maximum absolute atomic E-state index is 13.8. The Morgan fingerprint density at radius 2 is 1.17 bits per heavy atom. The standard InChI is InChI=1S/C29H23NO5/c1-15(29(34)35-22-14-8-7-9-17(22)16(2)31)30-27(32)25-23-18-10-3-4-11-19(18)24(26(25)28(30)33)21-13-6-5-12-20(21)23/h3-15,23-26H,1-2H3/t15-,23?,24?,25-,26+/m0/s1. The maximum Gasteiger partial charge on any atom is 0.334 e. The zero-order chi connectivity index (χ0) is 24.4. The predicted molar refractivity (Wildman–Crippen MR) is 127 cm³/mol. The first-order chi connectivity index (χ1) is 16.9. The number of carbonyl (C=O) groups excluding carboxylic acids is 4. The number of hydrogen-bond acceptors (Lipinski definition) is 5. The van der Waals surface area contributed by atoms with Crippen molar-refractivity contribution in [3.8, 4) is 5.75 Å². The van der Waals surface area contributed by atoms with Gasteiger partial charge in [-0.1, -0.05) is 60.7 Å². The lowest BCUT2D eigenvalue weighted by molar-refractivity contribution is -0.152. The second-order valence-electron chi connectivity index (χ2n) is 9.46. The van der Waals surface area contributed by atoms with Crippen molar-refractivity contribution in [2.24, 2.45) is 11.8 Å². The number of ketones is 1. The smallest absolute Gasteiger partial charge is 0.334 e. The molecule has 174 valence electrons. The number of esters is 1. The SMILES string of the molecule is CC(=O)c1ccccc1OC(=O)[C@H](C)N1C(=O)[C@@H]2C3c4ccccc4C(c4ccccc43)[C@@H]2C1=O. The van der Waals surface area contributed by atoms with Crippen LogP contribution in [0.1, 0.15) is 58.3 Å². The lowest BCUT2D eigenvalue weighted by Crippen LogP contribution is -2.45. The lowest BCUT2D eigenvalue weighted by atomic mass is 9.55. The van der Waals surface area contributed by atoms with E-state index < -0.39 is 23.8 Å². The summed E-state index contributed by atoms with van der Waals surface area (Å²) in [6.07, 6.45) is 0. The summed E-state index contributed by atoms with van der Waals surface area (Å²) in [4.78, 5) is 53.7. The minimum absolute atomic E-state index is 0.119. The van der Waals surface area contributed by atoms with Crippen molar-refractivity contribution in [1.29, 1.82) is 0 Å². The summed E-state index contributed by atoms with van der Waals surface area (Å²) in [5.41, 5.74) is 4.57. The van der Waals surface area contributed by atoms with Gasteiger partial charge in [-0.25, -0.2) is 4.79 Å². The molecule has 1 saturated heterocycles. The van der Waals surface area contributed by atoms with E-state index in [0.717, 1.165) is 27.2 Å². The van der Waals surface area contributed by atoms with Gasteiger partial charge in [0.05, 0.1) is 17.4 Å². The molecular weight excluding hydrogens is 442 g/mol. The van der Waals surface area contributed by atoms with Crippen molar-refractivity contribution in [3.63, 3.8) is 0 Å². The van der Waals surface area contributed by atoms with Gasteiger partial charge in [-0.15, -0.1) is 0 Å². The van der Waals surface area contributed by atoms with Gasteiger partial charge in [0.2, 0.25) is 11.8 Å². The molecule has 3 aliphatic carbocycles. The quantitative estimate of drug-likeness (QED) is 0.251. The highest BCUT2D eigenvalue weighted by molar-refractivity contribution is 6.10. The van der Waals surface area contributed by atoms with Crippen LogP contribution in [0.15, 0.2) is 72.8 Å². The Hall–Kier alpha value is -4.06. The molecule has 0 unspecified atom stereocenters. The molecule has 2 bridgehead atoms. The van der Waals surface area contributed by atoms with Gasteiger partial charge in [-0.05, 0) is 48.2 Å². The fraction of sp³-hybridized carbons (Fsp3) is 0.241. The molecule has 7 rings (SSSR count). The van der Waals surface area contributed by atoms with E-state index in [1.807, 2.05) is 48.5 Å². The van der Waals surface area contributed by atoms with Crippen LogP contribution in [0.2, 0.25) is 0 Å². The first kappa shape index (κ1) is 21.5. The summed E-state index contributed by atoms with van der Waals surface area (Å²) in [5, 5.41) is 0. The number of para-hydroxylation sites is 1. The topological polar surface area (TPSA) is 80.8 Å². The van der Waals surface area contributed by atoms with Gasteiger partial charge in [-0.2, -0.15) is 0 Å². The second kappa shape index (κ2) is 7.73. The average molecular weight is 466 g/mol. The van der Waals surface area contributed by atoms with E-state index in [1.54, 1.807) is 18.2 Å². The van der Waals surface area contributed by atoms with E-state index in [2.05, 4.69) is 0 Å². The molecule has 6 heteroatoms. The van der Waals surface area contributed by atoms with Gasteiger partial charge >= 0.3 is 5.97 Å². The van der Waals surface area contributed by atoms with Crippen LogP contribution in [-0.2, 0) is 14.4 Å². The molecule has 3 atom stereocenters. The summed E-state index contributed by atoms with van der Waals surface area (Å²) in [5.74, 6) is -3.15. The number of likely N-dealkylation sites (tertiary alicyclic amines) is 1. The number of carbonyl (C=O) groups is 4. The third-order valence-corrected chi connectivity index (χ3v) is 7.69. The number of ether oxygens (including phenoxy) is 1. The van der Waals surface area contributed by atoms with Crippen molar-refractivity contribution in [2.75, 3.05) is 0 Å². The van der Waals surface area contributed by atoms with Crippen LogP contribution in [0.3, 0.4) is 0 Å². The largest absolute Gasteiger partial charge is 0.424 e. The molecule has 3 aromatic carbocycles. The number of rotatable bonds is 4. The van der Waals surface area contributed by atoms with E-state index in [0.29, 0.717) is 0 Å². The summed E-state index contributed by atoms with van der Waals surface area (Å²) >= 11 is 0. The van der Waals surface area contributed by atoms with E-state index in [1.165, 1.54) is 19.9 Å². The minimum Gasteiger partial charge on any atom is -0.424 e. The number of amides is 2. The van der Waals surface area contributed by atoms with Crippen molar-refractivity contribution in [1.82, 2.24) is 4.90 Å². The van der Waals surface area contributed by atoms with Gasteiger partial charge in [0.15, 0.2) is 5.78 Å². The van der Waals surface area contributed by atoms with Crippen LogP contribution in [0.25, 0.3) is 0 Å². The fourth-order valence-corrected chi connectivity index (χ4v) is 6.23. The lowest BCUT2D eigenvalue weighted by Gasteiger charge is -2.45. The number of hydrogen-bond donors (Lipinski definition) is 0. The Morgan fingerprint density at radius 3 is 1.63 bits per heavy atom. The van der Waals surface area contributed by atoms with E-state index >= 15 is 0 Å². The molecular formula is C29H23NO5. The molecule has 0 saturated carbocycles. The van der Waals surface area contributed by atoms with Crippen LogP contribution in [0, 0.1) is 11.8 Å². The minimum atomic E-state index is -1.12. The van der Waals surface area contributed by atoms with Gasteiger partial charge < -0.3 is 4.74 Å². The van der Waals surface area contributed by atoms with E-state index in [-0.39, 0.29) is 40.7 Å². The monoisotopic (exact) mass is 465 g/mol. The Kier molecular flexibility index (Phi) is 4.74. The van der Waals surface area contributed by atoms with E-state index in [9.17, 15) is 19.2 Å². The van der Waals surface area contributed by atoms with Crippen LogP contribution >= 0.6 is 0 Å². The van der Waals surface area contributed by atoms with Crippen molar-refractivity contribution in [3.05, 3.63) is 101 Å². The highest BCUT2D eigenvalue weighted by atomic mass is 16.5. The van der Waals surface area contributed by atoms with Crippen molar-refractivity contribution >= 4 is 23.6 Å². The summed E-state index contributed by atoms with van der Waals surface area (Å²) < 4.78 is 5.52. The molecule has 3 aromatic rings. The van der Waals surface area contributed by atoms with Crippen LogP contribution < -0.4 is 4.74 Å². The number of benzene rings is 3. The fourth-order valence-electron chi connectivity index (χ4n) is 6.23. The van der Waals surface area contributed by atoms with Gasteiger partial charge in [0.25, 0.3) is 0 Å². The summed E-state index contributed by atoms with van der Waals surface area (Å²) in [6, 6.07) is 21.3. The van der Waals surface area contributed by atoms with Crippen molar-refractivity contribution < 1.29 is 23.9 Å². The third kappa shape index (κ3) is 2.95. The highest BCUT2D eigenvalue weighted by Gasteiger charge is 2.62.